The van der Waals surface area contributed by atoms with Gasteiger partial charge in [-0.15, -0.1) is 11.3 Å². The summed E-state index contributed by atoms with van der Waals surface area (Å²) in [6.45, 7) is 1.39. The summed E-state index contributed by atoms with van der Waals surface area (Å²) in [6, 6.07) is 13.7. The molecule has 4 rings (SSSR count). The van der Waals surface area contributed by atoms with Gasteiger partial charge in [0.25, 0.3) is 5.91 Å². The molecule has 1 aliphatic heterocycles. The van der Waals surface area contributed by atoms with Crippen LogP contribution in [0, 0.1) is 0 Å². The van der Waals surface area contributed by atoms with E-state index in [1.807, 2.05) is 36.4 Å². The molecule has 0 radical (unpaired) electrons. The lowest BCUT2D eigenvalue weighted by Gasteiger charge is -2.15. The van der Waals surface area contributed by atoms with Crippen molar-refractivity contribution in [1.82, 2.24) is 15.3 Å². The summed E-state index contributed by atoms with van der Waals surface area (Å²) in [6.07, 6.45) is 4.39. The van der Waals surface area contributed by atoms with E-state index in [1.54, 1.807) is 29.8 Å². The maximum Gasteiger partial charge on any atom is 0.261 e. The number of hydrogen-bond donors (Lipinski definition) is 1. The zero-order valence-corrected chi connectivity index (χ0v) is 13.8. The van der Waals surface area contributed by atoms with Crippen LogP contribution in [0.15, 0.2) is 54.9 Å². The minimum Gasteiger partial charge on any atom is -0.347 e. The second kappa shape index (κ2) is 6.41. The van der Waals surface area contributed by atoms with Gasteiger partial charge >= 0.3 is 0 Å². The molecule has 1 aliphatic rings. The maximum absolute atomic E-state index is 12.4. The zero-order chi connectivity index (χ0) is 16.4. The normalized spacial score (nSPS) is 12.9. The number of carbonyl (C=O) groups is 1. The Kier molecular flexibility index (Phi) is 3.96. The Hall–Kier alpha value is -2.73. The number of nitrogens with zero attached hydrogens (tertiary/aromatic N) is 3. The van der Waals surface area contributed by atoms with E-state index < -0.39 is 0 Å². The lowest BCUT2D eigenvalue weighted by atomic mass is 10.2. The third kappa shape index (κ3) is 2.88. The molecule has 2 aromatic heterocycles. The average molecular weight is 336 g/mol. The molecule has 0 fully saturated rings. The number of thiophene rings is 1. The fourth-order valence-corrected chi connectivity index (χ4v) is 3.84. The largest absolute Gasteiger partial charge is 0.347 e. The van der Waals surface area contributed by atoms with E-state index in [4.69, 9.17) is 0 Å². The minimum absolute atomic E-state index is 0.0350. The first-order valence-corrected chi connectivity index (χ1v) is 8.62. The van der Waals surface area contributed by atoms with Crippen molar-refractivity contribution in [3.8, 4) is 0 Å². The third-order valence-electron chi connectivity index (χ3n) is 3.95. The van der Waals surface area contributed by atoms with Crippen LogP contribution in [0.1, 0.15) is 20.1 Å². The van der Waals surface area contributed by atoms with Crippen LogP contribution >= 0.6 is 11.3 Å². The molecule has 0 aliphatic carbocycles. The van der Waals surface area contributed by atoms with E-state index in [0.29, 0.717) is 12.5 Å². The second-order valence-corrected chi connectivity index (χ2v) is 6.67. The van der Waals surface area contributed by atoms with E-state index in [2.05, 4.69) is 20.2 Å². The fraction of sp³-hybridized carbons (Fsp3) is 0.167. The van der Waals surface area contributed by atoms with Gasteiger partial charge in [-0.25, -0.2) is 9.97 Å². The Morgan fingerprint density at radius 2 is 1.96 bits per heavy atom. The summed E-state index contributed by atoms with van der Waals surface area (Å²) in [4.78, 5) is 25.1. The maximum atomic E-state index is 12.4. The van der Waals surface area contributed by atoms with Crippen molar-refractivity contribution in [2.45, 2.75) is 13.0 Å². The zero-order valence-electron chi connectivity index (χ0n) is 13.0. The van der Waals surface area contributed by atoms with Crippen molar-refractivity contribution in [2.75, 3.05) is 11.4 Å². The molecule has 1 N–H and O–H groups in total. The Morgan fingerprint density at radius 1 is 1.17 bits per heavy atom. The molecule has 0 saturated heterocycles. The highest BCUT2D eigenvalue weighted by molar-refractivity contribution is 7.14. The highest BCUT2D eigenvalue weighted by Gasteiger charge is 2.26. The number of carbonyl (C=O) groups excluding carboxylic acids is 1. The van der Waals surface area contributed by atoms with Crippen molar-refractivity contribution >= 4 is 28.9 Å². The van der Waals surface area contributed by atoms with E-state index in [1.165, 1.54) is 4.88 Å². The van der Waals surface area contributed by atoms with Gasteiger partial charge in [-0.3, -0.25) is 4.79 Å². The van der Waals surface area contributed by atoms with Crippen molar-refractivity contribution in [2.24, 2.45) is 0 Å². The van der Waals surface area contributed by atoms with Gasteiger partial charge in [0.05, 0.1) is 10.6 Å². The summed E-state index contributed by atoms with van der Waals surface area (Å²) < 4.78 is 0. The molecular formula is C18H16N4OS. The topological polar surface area (TPSA) is 58.1 Å². The third-order valence-corrected chi connectivity index (χ3v) is 5.14. The van der Waals surface area contributed by atoms with Gasteiger partial charge in [0.1, 0.15) is 0 Å². The summed E-state index contributed by atoms with van der Waals surface area (Å²) in [5, 5.41) is 2.98. The minimum atomic E-state index is -0.0350. The van der Waals surface area contributed by atoms with Crippen LogP contribution in [0.3, 0.4) is 0 Å². The van der Waals surface area contributed by atoms with Gasteiger partial charge < -0.3 is 10.2 Å². The van der Waals surface area contributed by atoms with E-state index >= 15 is 0 Å². The number of rotatable bonds is 4. The van der Waals surface area contributed by atoms with Crippen LogP contribution in [-0.4, -0.2) is 22.4 Å². The molecule has 24 heavy (non-hydrogen) atoms. The first-order chi connectivity index (χ1) is 11.8. The molecule has 0 saturated carbocycles. The predicted molar refractivity (Wildman–Crippen MR) is 94.7 cm³/mol. The molecule has 5 nitrogen and oxygen atoms in total. The highest BCUT2D eigenvalue weighted by atomic mass is 32.1. The first-order valence-electron chi connectivity index (χ1n) is 7.80. The molecule has 3 aromatic rings. The van der Waals surface area contributed by atoms with Crippen molar-refractivity contribution in [3.05, 3.63) is 70.2 Å². The summed E-state index contributed by atoms with van der Waals surface area (Å²) >= 11 is 1.55. The number of aromatic nitrogens is 2. The van der Waals surface area contributed by atoms with E-state index in [-0.39, 0.29) is 5.91 Å². The molecule has 120 valence electrons. The van der Waals surface area contributed by atoms with Gasteiger partial charge in [0.15, 0.2) is 0 Å². The molecule has 1 amide bonds. The van der Waals surface area contributed by atoms with Crippen LogP contribution in [0.2, 0.25) is 0 Å². The smallest absolute Gasteiger partial charge is 0.261 e. The van der Waals surface area contributed by atoms with Crippen LogP contribution < -0.4 is 10.2 Å². The van der Waals surface area contributed by atoms with Gasteiger partial charge in [0, 0.05) is 36.8 Å². The Morgan fingerprint density at radius 3 is 2.75 bits per heavy atom. The molecule has 0 spiro atoms. The highest BCUT2D eigenvalue weighted by Crippen LogP contribution is 2.38. The van der Waals surface area contributed by atoms with Gasteiger partial charge in [0.2, 0.25) is 5.95 Å². The number of fused-ring (bicyclic) bond motifs is 1. The molecule has 0 bridgehead atoms. The molecule has 0 unspecified atom stereocenters. The van der Waals surface area contributed by atoms with Crippen molar-refractivity contribution < 1.29 is 4.79 Å². The number of nitrogens with one attached hydrogen (secondary N) is 1. The first kappa shape index (κ1) is 14.8. The quantitative estimate of drug-likeness (QED) is 0.795. The molecule has 0 atom stereocenters. The number of benzene rings is 1. The standard InChI is InChI=1S/C18H16N4OS/c23-17(21-12-13-5-2-1-3-6-13)16-11-14-15(24-16)7-10-22(14)18-19-8-4-9-20-18/h1-6,8-9,11H,7,10,12H2,(H,21,23). The average Bonchev–Trinajstić information content (AvgIpc) is 3.22. The fourth-order valence-electron chi connectivity index (χ4n) is 2.78. The lowest BCUT2D eigenvalue weighted by molar-refractivity contribution is 0.0955. The number of hydrogen-bond acceptors (Lipinski definition) is 5. The van der Waals surface area contributed by atoms with Crippen LogP contribution in [-0.2, 0) is 13.0 Å². The van der Waals surface area contributed by atoms with Crippen LogP contribution in [0.5, 0.6) is 0 Å². The summed E-state index contributed by atoms with van der Waals surface area (Å²) in [5.74, 6) is 0.650. The predicted octanol–water partition coefficient (Wildman–Crippen LogP) is 3.16. The van der Waals surface area contributed by atoms with Gasteiger partial charge in [-0.2, -0.15) is 0 Å². The van der Waals surface area contributed by atoms with Crippen LogP contribution in [0.25, 0.3) is 0 Å². The Balaban J connectivity index is 1.49. The number of anilines is 2. The summed E-state index contributed by atoms with van der Waals surface area (Å²) in [5.41, 5.74) is 2.14. The van der Waals surface area contributed by atoms with Crippen LogP contribution in [0.4, 0.5) is 11.6 Å². The van der Waals surface area contributed by atoms with E-state index in [0.717, 1.165) is 29.1 Å². The Labute approximate surface area is 144 Å². The summed E-state index contributed by atoms with van der Waals surface area (Å²) in [7, 11) is 0. The van der Waals surface area contributed by atoms with Gasteiger partial charge in [-0.05, 0) is 17.7 Å². The van der Waals surface area contributed by atoms with E-state index in [9.17, 15) is 4.79 Å². The SMILES string of the molecule is O=C(NCc1ccccc1)c1cc2c(s1)CCN2c1ncccn1. The van der Waals surface area contributed by atoms with Crippen molar-refractivity contribution in [1.29, 1.82) is 0 Å². The molecule has 3 heterocycles. The lowest BCUT2D eigenvalue weighted by Crippen LogP contribution is -2.22. The molecule has 1 aromatic carbocycles. The monoisotopic (exact) mass is 336 g/mol. The number of amides is 1. The van der Waals surface area contributed by atoms with Crippen molar-refractivity contribution in [3.63, 3.8) is 0 Å². The molecule has 6 heteroatoms. The second-order valence-electron chi connectivity index (χ2n) is 5.54. The Bertz CT molecular complexity index is 848. The molecular weight excluding hydrogens is 320 g/mol. The van der Waals surface area contributed by atoms with Gasteiger partial charge in [-0.1, -0.05) is 30.3 Å².